The van der Waals surface area contributed by atoms with Gasteiger partial charge in [-0.15, -0.1) is 0 Å². The van der Waals surface area contributed by atoms with Crippen LogP contribution in [0.4, 0.5) is 11.4 Å². The maximum atomic E-state index is 11.4. The van der Waals surface area contributed by atoms with Crippen molar-refractivity contribution in [3.05, 3.63) is 23.8 Å². The Kier molecular flexibility index (Phi) is 5.17. The number of Topliss-reactive ketones (excluding diaryl/α,β-unsaturated/α-hetero) is 1. The molecule has 0 atom stereocenters. The summed E-state index contributed by atoms with van der Waals surface area (Å²) in [7, 11) is 0. The summed E-state index contributed by atoms with van der Waals surface area (Å²) in [6.07, 6.45) is 0.909. The summed E-state index contributed by atoms with van der Waals surface area (Å²) in [5.41, 5.74) is 7.39. The van der Waals surface area contributed by atoms with Gasteiger partial charge in [0.2, 0.25) is 5.91 Å². The number of nitrogens with one attached hydrogen (secondary N) is 2. The number of carbonyl (C=O) groups is 2. The molecule has 0 spiro atoms. The molecule has 0 aliphatic heterocycles. The first-order valence-corrected chi connectivity index (χ1v) is 5.95. The van der Waals surface area contributed by atoms with Crippen LogP contribution in [0.5, 0.6) is 0 Å². The van der Waals surface area contributed by atoms with Crippen LogP contribution in [0.15, 0.2) is 18.2 Å². The SMILES string of the molecule is CCCNC(=O)CNc1ccc(C(C)=O)c(N)c1. The molecule has 0 heterocycles. The lowest BCUT2D eigenvalue weighted by Gasteiger charge is -2.09. The third-order valence-corrected chi connectivity index (χ3v) is 2.46. The molecular weight excluding hydrogens is 230 g/mol. The van der Waals surface area contributed by atoms with Gasteiger partial charge in [0.05, 0.1) is 6.54 Å². The van der Waals surface area contributed by atoms with Gasteiger partial charge >= 0.3 is 0 Å². The van der Waals surface area contributed by atoms with Gasteiger partial charge in [-0.2, -0.15) is 0 Å². The summed E-state index contributed by atoms with van der Waals surface area (Å²) in [5.74, 6) is -0.134. The zero-order valence-corrected chi connectivity index (χ0v) is 10.7. The van der Waals surface area contributed by atoms with E-state index in [1.807, 2.05) is 6.92 Å². The number of anilines is 2. The summed E-state index contributed by atoms with van der Waals surface area (Å²) in [5, 5.41) is 5.72. The van der Waals surface area contributed by atoms with E-state index in [1.54, 1.807) is 18.2 Å². The normalized spacial score (nSPS) is 9.89. The molecule has 0 radical (unpaired) electrons. The van der Waals surface area contributed by atoms with Crippen LogP contribution in [-0.4, -0.2) is 24.8 Å². The fourth-order valence-electron chi connectivity index (χ4n) is 1.50. The Bertz CT molecular complexity index is 444. The maximum Gasteiger partial charge on any atom is 0.239 e. The number of hydrogen-bond donors (Lipinski definition) is 3. The van der Waals surface area contributed by atoms with Crippen LogP contribution in [0.25, 0.3) is 0 Å². The third kappa shape index (κ3) is 4.08. The van der Waals surface area contributed by atoms with Gasteiger partial charge in [0.25, 0.3) is 0 Å². The highest BCUT2D eigenvalue weighted by Crippen LogP contribution is 2.18. The van der Waals surface area contributed by atoms with Crippen LogP contribution in [0.2, 0.25) is 0 Å². The van der Waals surface area contributed by atoms with Gasteiger partial charge in [-0.25, -0.2) is 0 Å². The minimum absolute atomic E-state index is 0.0638. The van der Waals surface area contributed by atoms with Crippen LogP contribution in [0.1, 0.15) is 30.6 Å². The molecule has 5 heteroatoms. The van der Waals surface area contributed by atoms with Crippen molar-refractivity contribution in [3.63, 3.8) is 0 Å². The molecule has 0 saturated carbocycles. The number of rotatable bonds is 6. The number of hydrogen-bond acceptors (Lipinski definition) is 4. The van der Waals surface area contributed by atoms with Gasteiger partial charge in [0, 0.05) is 23.5 Å². The van der Waals surface area contributed by atoms with Crippen LogP contribution in [0, 0.1) is 0 Å². The fraction of sp³-hybridized carbons (Fsp3) is 0.385. The van der Waals surface area contributed by atoms with Crippen molar-refractivity contribution < 1.29 is 9.59 Å². The molecule has 1 rings (SSSR count). The van der Waals surface area contributed by atoms with Gasteiger partial charge in [-0.3, -0.25) is 9.59 Å². The second kappa shape index (κ2) is 6.64. The maximum absolute atomic E-state index is 11.4. The topological polar surface area (TPSA) is 84.2 Å². The van der Waals surface area contributed by atoms with E-state index in [-0.39, 0.29) is 18.2 Å². The molecule has 4 N–H and O–H groups in total. The summed E-state index contributed by atoms with van der Waals surface area (Å²) in [4.78, 5) is 22.6. The first-order valence-electron chi connectivity index (χ1n) is 5.95. The molecule has 0 aliphatic rings. The van der Waals surface area contributed by atoms with E-state index >= 15 is 0 Å². The minimum atomic E-state index is -0.0697. The molecule has 0 aliphatic carbocycles. The Morgan fingerprint density at radius 2 is 2.06 bits per heavy atom. The van der Waals surface area contributed by atoms with Crippen LogP contribution >= 0.6 is 0 Å². The van der Waals surface area contributed by atoms with Gasteiger partial charge < -0.3 is 16.4 Å². The largest absolute Gasteiger partial charge is 0.398 e. The summed E-state index contributed by atoms with van der Waals surface area (Å²) >= 11 is 0. The molecule has 1 aromatic carbocycles. The zero-order valence-electron chi connectivity index (χ0n) is 10.7. The standard InChI is InChI=1S/C13H19N3O2/c1-3-6-15-13(18)8-16-10-4-5-11(9(2)17)12(14)7-10/h4-5,7,16H,3,6,8,14H2,1-2H3,(H,15,18). The van der Waals surface area contributed by atoms with Crippen molar-refractivity contribution >= 4 is 23.1 Å². The molecule has 5 nitrogen and oxygen atoms in total. The Labute approximate surface area is 107 Å². The quantitative estimate of drug-likeness (QED) is 0.525. The number of nitrogens with two attached hydrogens (primary N) is 1. The van der Waals surface area contributed by atoms with Crippen LogP contribution in [0.3, 0.4) is 0 Å². The molecule has 1 aromatic rings. The molecule has 0 aromatic heterocycles. The number of ketones is 1. The van der Waals surface area contributed by atoms with Gasteiger partial charge in [0.15, 0.2) is 5.78 Å². The monoisotopic (exact) mass is 249 g/mol. The lowest BCUT2D eigenvalue weighted by Crippen LogP contribution is -2.30. The Hall–Kier alpha value is -2.04. The van der Waals surface area contributed by atoms with E-state index in [9.17, 15) is 9.59 Å². The predicted octanol–water partition coefficient (Wildman–Crippen LogP) is 1.41. The van der Waals surface area contributed by atoms with Gasteiger partial charge in [0.1, 0.15) is 0 Å². The molecule has 0 unspecified atom stereocenters. The minimum Gasteiger partial charge on any atom is -0.398 e. The number of benzene rings is 1. The molecule has 0 bridgehead atoms. The van der Waals surface area contributed by atoms with Gasteiger partial charge in [-0.1, -0.05) is 6.92 Å². The van der Waals surface area contributed by atoms with E-state index < -0.39 is 0 Å². The average Bonchev–Trinajstić information content (AvgIpc) is 2.33. The molecule has 18 heavy (non-hydrogen) atoms. The molecule has 98 valence electrons. The zero-order chi connectivity index (χ0) is 13.5. The van der Waals surface area contributed by atoms with Crippen molar-refractivity contribution in [1.29, 1.82) is 0 Å². The lowest BCUT2D eigenvalue weighted by atomic mass is 10.1. The number of carbonyl (C=O) groups excluding carboxylic acids is 2. The number of nitrogen functional groups attached to an aromatic ring is 1. The Balaban J connectivity index is 2.56. The second-order valence-electron chi connectivity index (χ2n) is 4.06. The lowest BCUT2D eigenvalue weighted by molar-refractivity contribution is -0.119. The van der Waals surface area contributed by atoms with E-state index in [1.165, 1.54) is 6.92 Å². The summed E-state index contributed by atoms with van der Waals surface area (Å²) < 4.78 is 0. The number of amides is 1. The first kappa shape index (κ1) is 14.0. The summed E-state index contributed by atoms with van der Waals surface area (Å²) in [6, 6.07) is 5.05. The van der Waals surface area contributed by atoms with Crippen LogP contribution < -0.4 is 16.4 Å². The molecule has 1 amide bonds. The third-order valence-electron chi connectivity index (χ3n) is 2.46. The van der Waals surface area contributed by atoms with Crippen molar-refractivity contribution in [2.75, 3.05) is 24.1 Å². The van der Waals surface area contributed by atoms with Crippen molar-refractivity contribution in [3.8, 4) is 0 Å². The Morgan fingerprint density at radius 1 is 1.33 bits per heavy atom. The summed E-state index contributed by atoms with van der Waals surface area (Å²) in [6.45, 7) is 4.33. The molecule has 0 saturated heterocycles. The smallest absolute Gasteiger partial charge is 0.239 e. The Morgan fingerprint density at radius 3 is 2.61 bits per heavy atom. The van der Waals surface area contributed by atoms with Crippen molar-refractivity contribution in [2.45, 2.75) is 20.3 Å². The van der Waals surface area contributed by atoms with Crippen molar-refractivity contribution in [1.82, 2.24) is 5.32 Å². The van der Waals surface area contributed by atoms with E-state index in [0.717, 1.165) is 12.1 Å². The van der Waals surface area contributed by atoms with Crippen molar-refractivity contribution in [2.24, 2.45) is 0 Å². The van der Waals surface area contributed by atoms with Gasteiger partial charge in [-0.05, 0) is 31.5 Å². The van der Waals surface area contributed by atoms with Crippen LogP contribution in [-0.2, 0) is 4.79 Å². The predicted molar refractivity (Wildman–Crippen MR) is 72.6 cm³/mol. The molecule has 0 fully saturated rings. The van der Waals surface area contributed by atoms with E-state index in [0.29, 0.717) is 17.8 Å². The highest BCUT2D eigenvalue weighted by atomic mass is 16.1. The molecular formula is C13H19N3O2. The second-order valence-corrected chi connectivity index (χ2v) is 4.06. The highest BCUT2D eigenvalue weighted by molar-refractivity contribution is 5.99. The highest BCUT2D eigenvalue weighted by Gasteiger charge is 2.06. The van der Waals surface area contributed by atoms with E-state index in [4.69, 9.17) is 5.73 Å². The van der Waals surface area contributed by atoms with E-state index in [2.05, 4.69) is 10.6 Å². The first-order chi connectivity index (χ1) is 8.54. The average molecular weight is 249 g/mol. The fourth-order valence-corrected chi connectivity index (χ4v) is 1.50.